The van der Waals surface area contributed by atoms with Gasteiger partial charge in [0.05, 0.1) is 17.1 Å². The molecule has 1 N–H and O–H groups in total. The monoisotopic (exact) mass is 357 g/mol. The lowest BCUT2D eigenvalue weighted by atomic mass is 10.1. The number of anilines is 1. The molecule has 0 aliphatic heterocycles. The molecule has 3 aromatic rings. The molecule has 0 radical (unpaired) electrons. The Morgan fingerprint density at radius 2 is 2.04 bits per heavy atom. The highest BCUT2D eigenvalue weighted by Gasteiger charge is 2.14. The van der Waals surface area contributed by atoms with Crippen LogP contribution in [0.2, 0.25) is 0 Å². The fourth-order valence-corrected chi connectivity index (χ4v) is 2.93. The standard InChI is InChI=1S/C17H16FN5OS/c1-11-7-8-12(2)15(9-11)23-17(20-21-22-23)25-10-16(24)19-14-6-4-3-5-13(14)18/h3-9H,10H2,1-2H3,(H,19,24). The Morgan fingerprint density at radius 1 is 1.24 bits per heavy atom. The number of para-hydroxylation sites is 1. The maximum absolute atomic E-state index is 13.6. The summed E-state index contributed by atoms with van der Waals surface area (Å²) in [6.07, 6.45) is 0. The molecule has 2 aromatic carbocycles. The van der Waals surface area contributed by atoms with Crippen LogP contribution in [0.4, 0.5) is 10.1 Å². The summed E-state index contributed by atoms with van der Waals surface area (Å²) < 4.78 is 15.2. The lowest BCUT2D eigenvalue weighted by Crippen LogP contribution is -2.15. The SMILES string of the molecule is Cc1ccc(C)c(-n2nnnc2SCC(=O)Nc2ccccc2F)c1. The van der Waals surface area contributed by atoms with Crippen molar-refractivity contribution in [1.29, 1.82) is 0 Å². The first-order valence-electron chi connectivity index (χ1n) is 7.58. The van der Waals surface area contributed by atoms with E-state index in [4.69, 9.17) is 0 Å². The summed E-state index contributed by atoms with van der Waals surface area (Å²) in [5.74, 6) is -0.730. The molecule has 1 amide bonds. The minimum absolute atomic E-state index is 0.0690. The van der Waals surface area contributed by atoms with Crippen molar-refractivity contribution in [3.63, 3.8) is 0 Å². The average molecular weight is 357 g/mol. The van der Waals surface area contributed by atoms with Gasteiger partial charge >= 0.3 is 0 Å². The van der Waals surface area contributed by atoms with Gasteiger partial charge in [0.1, 0.15) is 5.82 Å². The summed E-state index contributed by atoms with van der Waals surface area (Å²) in [5, 5.41) is 14.7. The van der Waals surface area contributed by atoms with Crippen molar-refractivity contribution in [2.45, 2.75) is 19.0 Å². The zero-order valence-corrected chi connectivity index (χ0v) is 14.5. The third-order valence-electron chi connectivity index (χ3n) is 3.51. The number of hydrogen-bond acceptors (Lipinski definition) is 5. The van der Waals surface area contributed by atoms with Gasteiger partial charge in [0.2, 0.25) is 11.1 Å². The van der Waals surface area contributed by atoms with Gasteiger partial charge in [-0.1, -0.05) is 36.0 Å². The van der Waals surface area contributed by atoms with Crippen LogP contribution < -0.4 is 5.32 Å². The van der Waals surface area contributed by atoms with Crippen molar-refractivity contribution in [2.75, 3.05) is 11.1 Å². The number of carbonyl (C=O) groups is 1. The highest BCUT2D eigenvalue weighted by Crippen LogP contribution is 2.22. The number of aryl methyl sites for hydroxylation is 2. The van der Waals surface area contributed by atoms with E-state index in [-0.39, 0.29) is 17.3 Å². The average Bonchev–Trinajstić information content (AvgIpc) is 3.05. The molecule has 0 aliphatic carbocycles. The largest absolute Gasteiger partial charge is 0.323 e. The van der Waals surface area contributed by atoms with Crippen molar-refractivity contribution < 1.29 is 9.18 Å². The summed E-state index contributed by atoms with van der Waals surface area (Å²) in [5.41, 5.74) is 3.13. The fraction of sp³-hybridized carbons (Fsp3) is 0.176. The molecule has 128 valence electrons. The number of nitrogens with zero attached hydrogens (tertiary/aromatic N) is 4. The fourth-order valence-electron chi connectivity index (χ4n) is 2.25. The molecule has 0 saturated heterocycles. The van der Waals surface area contributed by atoms with Gasteiger partial charge in [-0.2, -0.15) is 4.68 Å². The van der Waals surface area contributed by atoms with E-state index in [1.54, 1.807) is 16.8 Å². The number of rotatable bonds is 5. The van der Waals surface area contributed by atoms with Gasteiger partial charge in [-0.3, -0.25) is 4.79 Å². The highest BCUT2D eigenvalue weighted by atomic mass is 32.2. The van der Waals surface area contributed by atoms with Crippen LogP contribution in [0.25, 0.3) is 5.69 Å². The summed E-state index contributed by atoms with van der Waals surface area (Å²) in [7, 11) is 0. The lowest BCUT2D eigenvalue weighted by Gasteiger charge is -2.09. The molecule has 25 heavy (non-hydrogen) atoms. The van der Waals surface area contributed by atoms with Gasteiger partial charge in [0, 0.05) is 0 Å². The zero-order valence-electron chi connectivity index (χ0n) is 13.7. The Balaban J connectivity index is 1.71. The van der Waals surface area contributed by atoms with Crippen LogP contribution >= 0.6 is 11.8 Å². The molecule has 1 aromatic heterocycles. The van der Waals surface area contributed by atoms with Gasteiger partial charge < -0.3 is 5.32 Å². The van der Waals surface area contributed by atoms with Crippen LogP contribution in [0.3, 0.4) is 0 Å². The normalized spacial score (nSPS) is 10.7. The van der Waals surface area contributed by atoms with Crippen molar-refractivity contribution in [1.82, 2.24) is 20.2 Å². The summed E-state index contributed by atoms with van der Waals surface area (Å²) in [4.78, 5) is 12.1. The van der Waals surface area contributed by atoms with Crippen LogP contribution in [0.5, 0.6) is 0 Å². The molecule has 1 heterocycles. The maximum atomic E-state index is 13.6. The van der Waals surface area contributed by atoms with Crippen molar-refractivity contribution in [2.24, 2.45) is 0 Å². The minimum Gasteiger partial charge on any atom is -0.323 e. The molecule has 0 atom stereocenters. The molecule has 3 rings (SSSR count). The second kappa shape index (κ2) is 7.43. The number of halogens is 1. The molecular weight excluding hydrogens is 341 g/mol. The molecule has 0 spiro atoms. The Labute approximate surface area is 148 Å². The van der Waals surface area contributed by atoms with Crippen molar-refractivity contribution >= 4 is 23.4 Å². The molecule has 0 unspecified atom stereocenters. The number of benzene rings is 2. The maximum Gasteiger partial charge on any atom is 0.234 e. The minimum atomic E-state index is -0.471. The van der Waals surface area contributed by atoms with E-state index in [1.165, 1.54) is 23.9 Å². The first-order chi connectivity index (χ1) is 12.0. The van der Waals surface area contributed by atoms with Crippen LogP contribution in [0, 0.1) is 19.7 Å². The Morgan fingerprint density at radius 3 is 2.84 bits per heavy atom. The number of thioether (sulfide) groups is 1. The molecule has 8 heteroatoms. The molecule has 0 fully saturated rings. The van der Waals surface area contributed by atoms with Gasteiger partial charge in [-0.15, -0.1) is 5.10 Å². The molecule has 0 bridgehead atoms. The number of carbonyl (C=O) groups excluding carboxylic acids is 1. The van der Waals surface area contributed by atoms with Gasteiger partial charge in [-0.05, 0) is 53.6 Å². The molecule has 0 aliphatic rings. The summed E-state index contributed by atoms with van der Waals surface area (Å²) in [6.45, 7) is 3.96. The summed E-state index contributed by atoms with van der Waals surface area (Å²) in [6, 6.07) is 12.0. The topological polar surface area (TPSA) is 72.7 Å². The number of aromatic nitrogens is 4. The van der Waals surface area contributed by atoms with Crippen LogP contribution in [0.1, 0.15) is 11.1 Å². The Kier molecular flexibility index (Phi) is 5.08. The quantitative estimate of drug-likeness (QED) is 0.710. The predicted octanol–water partition coefficient (Wildman–Crippen LogP) is 3.15. The molecular formula is C17H16FN5OS. The van der Waals surface area contributed by atoms with Gasteiger partial charge in [0.15, 0.2) is 0 Å². The van der Waals surface area contributed by atoms with Crippen molar-refractivity contribution in [3.8, 4) is 5.69 Å². The number of nitrogens with one attached hydrogen (secondary N) is 1. The third kappa shape index (κ3) is 4.03. The molecule has 6 nitrogen and oxygen atoms in total. The van der Waals surface area contributed by atoms with E-state index < -0.39 is 5.82 Å². The van der Waals surface area contributed by atoms with E-state index in [9.17, 15) is 9.18 Å². The van der Waals surface area contributed by atoms with Crippen LogP contribution in [-0.4, -0.2) is 31.9 Å². The lowest BCUT2D eigenvalue weighted by molar-refractivity contribution is -0.113. The second-order valence-corrected chi connectivity index (χ2v) is 6.42. The van der Waals surface area contributed by atoms with E-state index in [1.807, 2.05) is 32.0 Å². The number of amides is 1. The second-order valence-electron chi connectivity index (χ2n) is 5.48. The van der Waals surface area contributed by atoms with Crippen molar-refractivity contribution in [3.05, 3.63) is 59.4 Å². The molecule has 0 saturated carbocycles. The Hall–Kier alpha value is -2.74. The summed E-state index contributed by atoms with van der Waals surface area (Å²) >= 11 is 1.19. The zero-order chi connectivity index (χ0) is 17.8. The number of hydrogen-bond donors (Lipinski definition) is 1. The van der Waals surface area contributed by atoms with E-state index in [0.29, 0.717) is 5.16 Å². The Bertz CT molecular complexity index is 912. The predicted molar refractivity (Wildman–Crippen MR) is 94.4 cm³/mol. The first-order valence-corrected chi connectivity index (χ1v) is 8.56. The highest BCUT2D eigenvalue weighted by molar-refractivity contribution is 7.99. The smallest absolute Gasteiger partial charge is 0.234 e. The van der Waals surface area contributed by atoms with E-state index in [0.717, 1.165) is 16.8 Å². The van der Waals surface area contributed by atoms with Crippen LogP contribution in [-0.2, 0) is 4.79 Å². The third-order valence-corrected chi connectivity index (χ3v) is 4.43. The van der Waals surface area contributed by atoms with E-state index >= 15 is 0 Å². The number of tetrazole rings is 1. The first kappa shape index (κ1) is 17.1. The van der Waals surface area contributed by atoms with Gasteiger partial charge in [-0.25, -0.2) is 4.39 Å². The van der Waals surface area contributed by atoms with E-state index in [2.05, 4.69) is 20.8 Å². The van der Waals surface area contributed by atoms with Gasteiger partial charge in [0.25, 0.3) is 0 Å². The van der Waals surface area contributed by atoms with Crippen LogP contribution in [0.15, 0.2) is 47.6 Å².